The smallest absolute Gasteiger partial charge is 0.155 e. The molecule has 0 saturated carbocycles. The van der Waals surface area contributed by atoms with Gasteiger partial charge in [-0.25, -0.2) is 8.42 Å². The molecule has 0 aliphatic carbocycles. The number of nitrogens with zero attached hydrogens (tertiary/aromatic N) is 1. The van der Waals surface area contributed by atoms with Crippen LogP contribution in [0.5, 0.6) is 0 Å². The molecule has 1 aliphatic heterocycles. The lowest BCUT2D eigenvalue weighted by Gasteiger charge is -2.26. The predicted molar refractivity (Wildman–Crippen MR) is 82.1 cm³/mol. The summed E-state index contributed by atoms with van der Waals surface area (Å²) in [6, 6.07) is 0. The van der Waals surface area contributed by atoms with Crippen LogP contribution in [0.15, 0.2) is 23.8 Å². The molecule has 0 atom stereocenters. The highest BCUT2D eigenvalue weighted by molar-refractivity contribution is 7.91. The molecule has 0 spiro atoms. The first-order valence-corrected chi connectivity index (χ1v) is 9.10. The Bertz CT molecular complexity index is 404. The van der Waals surface area contributed by atoms with Gasteiger partial charge in [0.1, 0.15) is 0 Å². The van der Waals surface area contributed by atoms with Gasteiger partial charge >= 0.3 is 0 Å². The van der Waals surface area contributed by atoms with Crippen molar-refractivity contribution in [3.05, 3.63) is 23.8 Å². The Hall–Kier alpha value is -0.610. The quantitative estimate of drug-likeness (QED) is 0.675. The number of piperidine rings is 1. The minimum absolute atomic E-state index is 0.189. The Morgan fingerprint density at radius 1 is 1.21 bits per heavy atom. The van der Waals surface area contributed by atoms with E-state index in [-0.39, 0.29) is 11.5 Å². The minimum Gasteiger partial charge on any atom is -0.302 e. The molecular weight excluding hydrogens is 258 g/mol. The van der Waals surface area contributed by atoms with Crippen LogP contribution in [0.4, 0.5) is 0 Å². The van der Waals surface area contributed by atoms with Crippen molar-refractivity contribution in [3.8, 4) is 0 Å². The van der Waals surface area contributed by atoms with Gasteiger partial charge in [0.2, 0.25) is 0 Å². The van der Waals surface area contributed by atoms with Gasteiger partial charge in [0, 0.05) is 6.54 Å². The fraction of sp³-hybridized carbons (Fsp3) is 0.733. The zero-order chi connectivity index (χ0) is 14.1. The zero-order valence-electron chi connectivity index (χ0n) is 12.3. The third kappa shape index (κ3) is 7.53. The fourth-order valence-electron chi connectivity index (χ4n) is 2.29. The molecule has 0 aromatic carbocycles. The summed E-state index contributed by atoms with van der Waals surface area (Å²) >= 11 is 0. The Morgan fingerprint density at radius 3 is 2.53 bits per heavy atom. The summed E-state index contributed by atoms with van der Waals surface area (Å²) in [4.78, 5) is 2.27. The van der Waals surface area contributed by atoms with Gasteiger partial charge < -0.3 is 4.90 Å². The SMILES string of the molecule is CC/C=C\C=C(/C)CS(=O)(=O)CCN1CCCCC1. The fourth-order valence-corrected chi connectivity index (χ4v) is 3.76. The third-order valence-corrected chi connectivity index (χ3v) is 5.07. The summed E-state index contributed by atoms with van der Waals surface area (Å²) < 4.78 is 24.0. The van der Waals surface area contributed by atoms with Gasteiger partial charge in [0.15, 0.2) is 9.84 Å². The number of rotatable bonds is 7. The molecule has 1 fully saturated rings. The van der Waals surface area contributed by atoms with Gasteiger partial charge in [-0.2, -0.15) is 0 Å². The van der Waals surface area contributed by atoms with Crippen LogP contribution in [-0.2, 0) is 9.84 Å². The zero-order valence-corrected chi connectivity index (χ0v) is 13.1. The van der Waals surface area contributed by atoms with E-state index in [2.05, 4.69) is 11.8 Å². The largest absolute Gasteiger partial charge is 0.302 e. The Balaban J connectivity index is 2.38. The van der Waals surface area contributed by atoms with Crippen LogP contribution in [0, 0.1) is 0 Å². The molecule has 19 heavy (non-hydrogen) atoms. The highest BCUT2D eigenvalue weighted by atomic mass is 32.2. The van der Waals surface area contributed by atoms with Crippen molar-refractivity contribution in [1.82, 2.24) is 4.90 Å². The van der Waals surface area contributed by atoms with Gasteiger partial charge in [-0.1, -0.05) is 37.1 Å². The lowest BCUT2D eigenvalue weighted by atomic mass is 10.1. The van der Waals surface area contributed by atoms with Crippen LogP contribution in [0.2, 0.25) is 0 Å². The second kappa shape index (κ2) is 8.54. The average Bonchev–Trinajstić information content (AvgIpc) is 2.37. The maximum atomic E-state index is 12.0. The molecule has 4 heteroatoms. The summed E-state index contributed by atoms with van der Waals surface area (Å²) in [5.74, 6) is 0.477. The van der Waals surface area contributed by atoms with Crippen LogP contribution < -0.4 is 0 Å². The van der Waals surface area contributed by atoms with Crippen molar-refractivity contribution < 1.29 is 8.42 Å². The van der Waals surface area contributed by atoms with Crippen molar-refractivity contribution in [2.24, 2.45) is 0 Å². The Kier molecular flexibility index (Phi) is 7.39. The molecule has 0 radical (unpaired) electrons. The number of likely N-dealkylation sites (tertiary alicyclic amines) is 1. The molecular formula is C15H27NO2S. The summed E-state index contributed by atoms with van der Waals surface area (Å²) in [6.45, 7) is 6.76. The Morgan fingerprint density at radius 2 is 1.89 bits per heavy atom. The first-order valence-electron chi connectivity index (χ1n) is 7.28. The molecule has 0 aromatic heterocycles. The molecule has 3 nitrogen and oxygen atoms in total. The van der Waals surface area contributed by atoms with E-state index in [9.17, 15) is 8.42 Å². The highest BCUT2D eigenvalue weighted by Crippen LogP contribution is 2.09. The molecule has 0 amide bonds. The van der Waals surface area contributed by atoms with Gasteiger partial charge in [0.05, 0.1) is 11.5 Å². The van der Waals surface area contributed by atoms with Crippen molar-refractivity contribution in [2.45, 2.75) is 39.5 Å². The van der Waals surface area contributed by atoms with E-state index in [0.29, 0.717) is 6.54 Å². The standard InChI is InChI=1S/C15H27NO2S/c1-3-4-6-9-15(2)14-19(17,18)13-12-16-10-7-5-8-11-16/h4,6,9H,3,5,7-8,10-14H2,1-2H3/b6-4-,15-9+. The topological polar surface area (TPSA) is 37.4 Å². The second-order valence-electron chi connectivity index (χ2n) is 5.34. The first kappa shape index (κ1) is 16.4. The maximum Gasteiger partial charge on any atom is 0.155 e. The van der Waals surface area contributed by atoms with E-state index < -0.39 is 9.84 Å². The predicted octanol–water partition coefficient (Wildman–Crippen LogP) is 2.80. The maximum absolute atomic E-state index is 12.0. The molecule has 110 valence electrons. The lowest BCUT2D eigenvalue weighted by Crippen LogP contribution is -2.34. The van der Waals surface area contributed by atoms with E-state index >= 15 is 0 Å². The molecule has 1 saturated heterocycles. The number of allylic oxidation sites excluding steroid dienone is 3. The van der Waals surface area contributed by atoms with Crippen molar-refractivity contribution >= 4 is 9.84 Å². The van der Waals surface area contributed by atoms with Gasteiger partial charge in [0.25, 0.3) is 0 Å². The van der Waals surface area contributed by atoms with Gasteiger partial charge in [-0.05, 0) is 39.3 Å². The van der Waals surface area contributed by atoms with Crippen LogP contribution in [-0.4, -0.2) is 44.5 Å². The van der Waals surface area contributed by atoms with Crippen molar-refractivity contribution in [3.63, 3.8) is 0 Å². The first-order chi connectivity index (χ1) is 9.03. The monoisotopic (exact) mass is 285 g/mol. The van der Waals surface area contributed by atoms with Crippen LogP contribution >= 0.6 is 0 Å². The lowest BCUT2D eigenvalue weighted by molar-refractivity contribution is 0.241. The molecule has 1 aliphatic rings. The van der Waals surface area contributed by atoms with Crippen molar-refractivity contribution in [1.29, 1.82) is 0 Å². The summed E-state index contributed by atoms with van der Waals surface area (Å²) in [5.41, 5.74) is 0.920. The Labute approximate surface area is 118 Å². The van der Waals surface area contributed by atoms with Crippen LogP contribution in [0.1, 0.15) is 39.5 Å². The number of sulfone groups is 1. The molecule has 0 unspecified atom stereocenters. The summed E-state index contributed by atoms with van der Waals surface area (Å²) in [7, 11) is -2.96. The van der Waals surface area contributed by atoms with Gasteiger partial charge in [-0.15, -0.1) is 0 Å². The van der Waals surface area contributed by atoms with Gasteiger partial charge in [-0.3, -0.25) is 0 Å². The van der Waals surface area contributed by atoms with E-state index in [1.54, 1.807) is 0 Å². The molecule has 1 heterocycles. The van der Waals surface area contributed by atoms with Crippen molar-refractivity contribution in [2.75, 3.05) is 31.1 Å². The average molecular weight is 285 g/mol. The van der Waals surface area contributed by atoms with E-state index in [1.807, 2.05) is 25.2 Å². The van der Waals surface area contributed by atoms with Crippen LogP contribution in [0.25, 0.3) is 0 Å². The molecule has 1 rings (SSSR count). The number of hydrogen-bond acceptors (Lipinski definition) is 3. The van der Waals surface area contributed by atoms with Crippen LogP contribution in [0.3, 0.4) is 0 Å². The summed E-state index contributed by atoms with van der Waals surface area (Å²) in [6.07, 6.45) is 10.6. The third-order valence-electron chi connectivity index (χ3n) is 3.37. The van der Waals surface area contributed by atoms with E-state index in [0.717, 1.165) is 25.1 Å². The molecule has 0 N–H and O–H groups in total. The van der Waals surface area contributed by atoms with E-state index in [1.165, 1.54) is 19.3 Å². The van der Waals surface area contributed by atoms with E-state index in [4.69, 9.17) is 0 Å². The molecule has 0 bridgehead atoms. The highest BCUT2D eigenvalue weighted by Gasteiger charge is 2.16. The second-order valence-corrected chi connectivity index (χ2v) is 7.53. The normalized spacial score (nSPS) is 19.2. The number of hydrogen-bond donors (Lipinski definition) is 0. The minimum atomic E-state index is -2.96. The summed E-state index contributed by atoms with van der Waals surface area (Å²) in [5, 5.41) is 0. The molecule has 0 aromatic rings.